The maximum atomic E-state index is 4.76. The lowest BCUT2D eigenvalue weighted by Crippen LogP contribution is -2.47. The molecule has 0 bridgehead atoms. The maximum Gasteiger partial charge on any atom is 0.137 e. The van der Waals surface area contributed by atoms with Crippen molar-refractivity contribution in [3.63, 3.8) is 0 Å². The number of imidazole rings is 1. The Hall–Kier alpha value is -2.24. The van der Waals surface area contributed by atoms with Crippen LogP contribution in [0.1, 0.15) is 24.9 Å². The number of aromatic amines is 1. The molecule has 0 radical (unpaired) electrons. The highest BCUT2D eigenvalue weighted by Gasteiger charge is 2.25. The van der Waals surface area contributed by atoms with E-state index in [1.54, 1.807) is 0 Å². The van der Waals surface area contributed by atoms with E-state index in [9.17, 15) is 0 Å². The van der Waals surface area contributed by atoms with Crippen molar-refractivity contribution in [3.8, 4) is 0 Å². The van der Waals surface area contributed by atoms with Gasteiger partial charge in [-0.05, 0) is 18.9 Å². The quantitative estimate of drug-likeness (QED) is 0.836. The third kappa shape index (κ3) is 2.10. The summed E-state index contributed by atoms with van der Waals surface area (Å²) >= 11 is 0. The normalized spacial score (nSPS) is 19.9. The van der Waals surface area contributed by atoms with Crippen molar-refractivity contribution >= 4 is 5.82 Å². The minimum absolute atomic E-state index is 0.475. The summed E-state index contributed by atoms with van der Waals surface area (Å²) < 4.78 is 2.32. The highest BCUT2D eigenvalue weighted by Crippen LogP contribution is 2.21. The van der Waals surface area contributed by atoms with Crippen molar-refractivity contribution in [2.24, 2.45) is 4.99 Å². The van der Waals surface area contributed by atoms with E-state index in [4.69, 9.17) is 4.98 Å². The van der Waals surface area contributed by atoms with Gasteiger partial charge in [0.1, 0.15) is 23.8 Å². The molecular weight excluding hydrogens is 276 g/mol. The second-order valence-corrected chi connectivity index (χ2v) is 6.03. The first-order valence-corrected chi connectivity index (χ1v) is 8.00. The van der Waals surface area contributed by atoms with Gasteiger partial charge in [0.25, 0.3) is 0 Å². The van der Waals surface area contributed by atoms with Gasteiger partial charge in [0.05, 0.1) is 10.9 Å². The molecule has 4 rings (SSSR count). The summed E-state index contributed by atoms with van der Waals surface area (Å²) in [7, 11) is 2.18. The van der Waals surface area contributed by atoms with Crippen LogP contribution in [0.2, 0.25) is 0 Å². The van der Waals surface area contributed by atoms with Crippen molar-refractivity contribution in [3.05, 3.63) is 40.7 Å². The van der Waals surface area contributed by atoms with E-state index in [-0.39, 0.29) is 0 Å². The van der Waals surface area contributed by atoms with E-state index < -0.39 is 0 Å². The smallest absolute Gasteiger partial charge is 0.137 e. The van der Waals surface area contributed by atoms with Crippen LogP contribution in [-0.2, 0) is 19.4 Å². The summed E-state index contributed by atoms with van der Waals surface area (Å²) in [5.41, 5.74) is 2.18. The summed E-state index contributed by atoms with van der Waals surface area (Å²) in [4.78, 5) is 14.8. The summed E-state index contributed by atoms with van der Waals surface area (Å²) in [6, 6.07) is 2.57. The van der Waals surface area contributed by atoms with Crippen LogP contribution in [0.5, 0.6) is 0 Å². The summed E-state index contributed by atoms with van der Waals surface area (Å²) in [6.45, 7) is 3.85. The number of hydrogen-bond donors (Lipinski definition) is 2. The van der Waals surface area contributed by atoms with Gasteiger partial charge in [-0.1, -0.05) is 6.92 Å². The van der Waals surface area contributed by atoms with Crippen LogP contribution < -0.4 is 16.0 Å². The maximum absolute atomic E-state index is 4.76. The molecule has 0 amide bonds. The Balaban J connectivity index is 1.64. The fraction of sp³-hybridized carbons (Fsp3) is 0.500. The lowest BCUT2D eigenvalue weighted by Gasteiger charge is -2.35. The molecule has 0 spiro atoms. The predicted octanol–water partition coefficient (Wildman–Crippen LogP) is -0.0336. The third-order valence-corrected chi connectivity index (χ3v) is 4.76. The van der Waals surface area contributed by atoms with Gasteiger partial charge in [-0.25, -0.2) is 9.98 Å². The zero-order chi connectivity index (χ0) is 15.1. The van der Waals surface area contributed by atoms with Gasteiger partial charge in [0, 0.05) is 38.4 Å². The summed E-state index contributed by atoms with van der Waals surface area (Å²) in [6.07, 6.45) is 7.31. The molecular formula is C16H22N6. The van der Waals surface area contributed by atoms with Crippen LogP contribution in [0.4, 0.5) is 0 Å². The van der Waals surface area contributed by atoms with Crippen LogP contribution in [0.15, 0.2) is 23.5 Å². The Labute approximate surface area is 129 Å². The number of hydrogen-bond acceptors (Lipinski definition) is 4. The van der Waals surface area contributed by atoms with Gasteiger partial charge in [-0.2, -0.15) is 0 Å². The highest BCUT2D eigenvalue weighted by molar-refractivity contribution is 5.41. The topological polar surface area (TPSA) is 61.2 Å². The Bertz CT molecular complexity index is 799. The van der Waals surface area contributed by atoms with E-state index in [2.05, 4.69) is 51.0 Å². The highest BCUT2D eigenvalue weighted by atomic mass is 15.3. The molecule has 2 N–H and O–H groups in total. The number of fused-ring (bicyclic) bond motifs is 2. The van der Waals surface area contributed by atoms with Gasteiger partial charge >= 0.3 is 0 Å². The molecule has 2 aliphatic rings. The standard InChI is InChI=1S/C16H22N6/c1-3-11-9-22-7-5-12(8-14(22)20-11)21(2)16-13-4-6-17-15(13)18-10-19-16/h4,6,9,12,19H,3,5,7-8,10H2,1-2H3,(H,17,18). The molecule has 2 aromatic heterocycles. The molecule has 22 heavy (non-hydrogen) atoms. The average Bonchev–Trinajstić information content (AvgIpc) is 3.18. The van der Waals surface area contributed by atoms with Crippen LogP contribution in [0.25, 0.3) is 5.82 Å². The van der Waals surface area contributed by atoms with E-state index >= 15 is 0 Å². The van der Waals surface area contributed by atoms with E-state index in [1.165, 1.54) is 17.3 Å². The molecule has 0 fully saturated rings. The predicted molar refractivity (Wildman–Crippen MR) is 84.5 cm³/mol. The monoisotopic (exact) mass is 298 g/mol. The van der Waals surface area contributed by atoms with Gasteiger partial charge in [0.2, 0.25) is 0 Å². The number of aryl methyl sites for hydroxylation is 2. The number of aromatic nitrogens is 3. The SMILES string of the molecule is CCc1cn2c(n1)CC(N(C)C1=c3cc[nH]c3=NCN1)CC2. The molecule has 0 saturated carbocycles. The van der Waals surface area contributed by atoms with Gasteiger partial charge in [-0.15, -0.1) is 0 Å². The van der Waals surface area contributed by atoms with Crippen molar-refractivity contribution in [2.45, 2.75) is 38.8 Å². The Morgan fingerprint density at radius 2 is 2.36 bits per heavy atom. The van der Waals surface area contributed by atoms with Crippen molar-refractivity contribution in [2.75, 3.05) is 13.7 Å². The number of rotatable bonds is 3. The molecule has 2 aromatic rings. The van der Waals surface area contributed by atoms with Crippen LogP contribution in [0.3, 0.4) is 0 Å². The van der Waals surface area contributed by atoms with Crippen LogP contribution in [0, 0.1) is 0 Å². The Morgan fingerprint density at radius 1 is 1.45 bits per heavy atom. The molecule has 1 unspecified atom stereocenters. The summed E-state index contributed by atoms with van der Waals surface area (Å²) in [5.74, 6) is 2.39. The Kier molecular flexibility index (Phi) is 3.17. The second kappa shape index (κ2) is 5.19. The van der Waals surface area contributed by atoms with Gasteiger partial charge in [0.15, 0.2) is 0 Å². The molecule has 2 aliphatic heterocycles. The van der Waals surface area contributed by atoms with Gasteiger partial charge in [-0.3, -0.25) is 0 Å². The van der Waals surface area contributed by atoms with Crippen LogP contribution >= 0.6 is 0 Å². The molecule has 116 valence electrons. The largest absolute Gasteiger partial charge is 0.357 e. The minimum Gasteiger partial charge on any atom is -0.357 e. The van der Waals surface area contributed by atoms with Crippen molar-refractivity contribution in [1.82, 2.24) is 24.8 Å². The first kappa shape index (κ1) is 13.4. The first-order valence-electron chi connectivity index (χ1n) is 8.00. The van der Waals surface area contributed by atoms with Gasteiger partial charge < -0.3 is 19.8 Å². The summed E-state index contributed by atoms with van der Waals surface area (Å²) in [5, 5.41) is 4.59. The fourth-order valence-electron chi connectivity index (χ4n) is 3.44. The molecule has 6 heteroatoms. The zero-order valence-corrected chi connectivity index (χ0v) is 13.1. The zero-order valence-electron chi connectivity index (χ0n) is 13.1. The average molecular weight is 298 g/mol. The third-order valence-electron chi connectivity index (χ3n) is 4.76. The number of H-pyrrole nitrogens is 1. The van der Waals surface area contributed by atoms with Crippen molar-refractivity contribution in [1.29, 1.82) is 0 Å². The lowest BCUT2D eigenvalue weighted by molar-refractivity contribution is 0.269. The Morgan fingerprint density at radius 3 is 3.23 bits per heavy atom. The molecule has 4 heterocycles. The van der Waals surface area contributed by atoms with E-state index in [0.29, 0.717) is 12.7 Å². The minimum atomic E-state index is 0.475. The molecule has 0 aliphatic carbocycles. The molecule has 6 nitrogen and oxygen atoms in total. The fourth-order valence-corrected chi connectivity index (χ4v) is 3.44. The second-order valence-electron chi connectivity index (χ2n) is 6.03. The molecule has 0 aromatic carbocycles. The first-order chi connectivity index (χ1) is 10.8. The van der Waals surface area contributed by atoms with E-state index in [1.807, 2.05) is 6.20 Å². The molecule has 1 atom stereocenters. The van der Waals surface area contributed by atoms with Crippen molar-refractivity contribution < 1.29 is 0 Å². The number of nitrogens with one attached hydrogen (secondary N) is 2. The number of likely N-dealkylation sites (N-methyl/N-ethyl adjacent to an activating group) is 1. The molecule has 0 saturated heterocycles. The van der Waals surface area contributed by atoms with E-state index in [0.717, 1.165) is 36.5 Å². The lowest BCUT2D eigenvalue weighted by atomic mass is 10.0. The number of nitrogens with zero attached hydrogens (tertiary/aromatic N) is 4. The van der Waals surface area contributed by atoms with Crippen LogP contribution in [-0.4, -0.2) is 39.2 Å².